The van der Waals surface area contributed by atoms with Crippen LogP contribution in [0.5, 0.6) is 5.75 Å². The van der Waals surface area contributed by atoms with Crippen molar-refractivity contribution in [3.63, 3.8) is 0 Å². The minimum atomic E-state index is -3.74. The molecule has 1 aliphatic carbocycles. The Labute approximate surface area is 155 Å². The number of hydrogen-bond donors (Lipinski definition) is 0. The zero-order chi connectivity index (χ0) is 19.0. The zero-order valence-corrected chi connectivity index (χ0v) is 15.3. The maximum atomic E-state index is 13.3. The first-order chi connectivity index (χ1) is 12.1. The fourth-order valence-electron chi connectivity index (χ4n) is 3.53. The number of ketones is 1. The number of Topliss-reactive ketones (excluding diaryl/α,β-unsaturated/α-hetero) is 1. The maximum absolute atomic E-state index is 13.3. The van der Waals surface area contributed by atoms with Crippen molar-refractivity contribution < 1.29 is 18.3 Å². The summed E-state index contributed by atoms with van der Waals surface area (Å²) in [6.07, 6.45) is 5.96. The quantitative estimate of drug-likeness (QED) is 0.673. The van der Waals surface area contributed by atoms with Crippen LogP contribution in [-0.2, 0) is 16.8 Å². The number of alkyl halides is 3. The molecule has 2 aromatic rings. The van der Waals surface area contributed by atoms with Crippen molar-refractivity contribution in [1.29, 1.82) is 0 Å². The number of halogens is 3. The summed E-state index contributed by atoms with van der Waals surface area (Å²) in [6, 6.07) is 6.16. The van der Waals surface area contributed by atoms with E-state index in [0.717, 1.165) is 24.8 Å². The molecule has 0 unspecified atom stereocenters. The van der Waals surface area contributed by atoms with Gasteiger partial charge in [-0.2, -0.15) is 5.10 Å². The van der Waals surface area contributed by atoms with Crippen LogP contribution >= 0.6 is 11.6 Å². The average Bonchev–Trinajstić information content (AvgIpc) is 3.01. The van der Waals surface area contributed by atoms with E-state index in [1.807, 2.05) is 13.8 Å². The normalized spacial score (nSPS) is 16.8. The first kappa shape index (κ1) is 18.8. The summed E-state index contributed by atoms with van der Waals surface area (Å²) in [5.41, 5.74) is -4.18. The van der Waals surface area contributed by atoms with Crippen LogP contribution in [0.1, 0.15) is 38.7 Å². The molecular formula is C18H20ClF2N3O2. The van der Waals surface area contributed by atoms with Crippen LogP contribution in [0.3, 0.4) is 0 Å². The zero-order valence-electron chi connectivity index (χ0n) is 14.6. The van der Waals surface area contributed by atoms with Gasteiger partial charge in [0.05, 0.1) is 0 Å². The largest absolute Gasteiger partial charge is 0.487 e. The van der Waals surface area contributed by atoms with Crippen LogP contribution in [-0.4, -0.2) is 26.1 Å². The molecule has 1 aromatic heterocycles. The molecule has 140 valence electrons. The summed E-state index contributed by atoms with van der Waals surface area (Å²) >= 11 is 4.76. The van der Waals surface area contributed by atoms with Crippen molar-refractivity contribution in [2.24, 2.45) is 5.41 Å². The van der Waals surface area contributed by atoms with Crippen LogP contribution in [0.2, 0.25) is 0 Å². The highest BCUT2D eigenvalue weighted by Crippen LogP contribution is 2.45. The van der Waals surface area contributed by atoms with Crippen LogP contribution in [0.4, 0.5) is 8.78 Å². The summed E-state index contributed by atoms with van der Waals surface area (Å²) in [4.78, 5) is 17.3. The van der Waals surface area contributed by atoms with Gasteiger partial charge in [-0.3, -0.25) is 4.79 Å². The number of carbonyl (C=O) groups excluding carboxylic acids is 1. The Morgan fingerprint density at radius 2 is 1.96 bits per heavy atom. The number of aromatic nitrogens is 3. The Kier molecular flexibility index (Phi) is 4.77. The summed E-state index contributed by atoms with van der Waals surface area (Å²) in [5, 5.41) is 4.18. The molecule has 0 saturated heterocycles. The molecule has 26 heavy (non-hydrogen) atoms. The van der Waals surface area contributed by atoms with Crippen LogP contribution in [0, 0.1) is 5.41 Å². The fourth-order valence-corrected chi connectivity index (χ4v) is 3.62. The summed E-state index contributed by atoms with van der Waals surface area (Å²) < 4.78 is 31.3. The van der Waals surface area contributed by atoms with E-state index in [2.05, 4.69) is 14.8 Å². The van der Waals surface area contributed by atoms with Gasteiger partial charge < -0.3 is 4.74 Å². The molecule has 1 heterocycles. The summed E-state index contributed by atoms with van der Waals surface area (Å²) in [5.74, 6) is 0.0744. The summed E-state index contributed by atoms with van der Waals surface area (Å²) in [6.45, 7) is 3.79. The highest BCUT2D eigenvalue weighted by atomic mass is 35.5. The number of carbonyl (C=O) groups is 1. The second-order valence-corrected chi connectivity index (χ2v) is 7.75. The topological polar surface area (TPSA) is 57.0 Å². The molecule has 1 aliphatic rings. The Morgan fingerprint density at radius 3 is 2.42 bits per heavy atom. The molecule has 0 spiro atoms. The van der Waals surface area contributed by atoms with Gasteiger partial charge in [-0.15, -0.1) is 8.78 Å². The molecule has 1 saturated carbocycles. The Bertz CT molecular complexity index is 767. The smallest absolute Gasteiger partial charge is 0.420 e. The molecule has 0 aliphatic heterocycles. The van der Waals surface area contributed by atoms with Gasteiger partial charge in [0.1, 0.15) is 23.9 Å². The second kappa shape index (κ2) is 6.61. The number of benzene rings is 1. The highest BCUT2D eigenvalue weighted by Gasteiger charge is 2.51. The molecule has 0 bridgehead atoms. The second-order valence-electron chi connectivity index (χ2n) is 7.31. The minimum absolute atomic E-state index is 0.0315. The van der Waals surface area contributed by atoms with E-state index in [0.29, 0.717) is 6.42 Å². The molecule has 8 heteroatoms. The molecule has 1 aromatic carbocycles. The molecular weight excluding hydrogens is 364 g/mol. The predicted molar refractivity (Wildman–Crippen MR) is 92.2 cm³/mol. The number of nitrogens with zero attached hydrogens (tertiary/aromatic N) is 3. The molecule has 1 fully saturated rings. The van der Waals surface area contributed by atoms with Crippen molar-refractivity contribution in [1.82, 2.24) is 14.8 Å². The van der Waals surface area contributed by atoms with Gasteiger partial charge in [-0.05, 0) is 43.4 Å². The Hall–Kier alpha value is -2.02. The maximum Gasteiger partial charge on any atom is 0.487 e. The van der Waals surface area contributed by atoms with Crippen molar-refractivity contribution in [3.8, 4) is 5.75 Å². The standard InChI is InChI=1S/C18H20ClF2N3O2/c1-16(2,10-13-4-6-14(7-5-13)26-18(19,20)21)15(25)17(8-3-9-17)24-12-22-11-23-24/h4-7,11-12H,3,8-10H2,1-2H3. The fraction of sp³-hybridized carbons (Fsp3) is 0.500. The number of hydrogen-bond acceptors (Lipinski definition) is 4. The monoisotopic (exact) mass is 383 g/mol. The van der Waals surface area contributed by atoms with Gasteiger partial charge in [-0.1, -0.05) is 26.0 Å². The molecule has 5 nitrogen and oxygen atoms in total. The van der Waals surface area contributed by atoms with E-state index in [-0.39, 0.29) is 11.5 Å². The SMILES string of the molecule is CC(C)(Cc1ccc(OC(F)(F)Cl)cc1)C(=O)C1(n2cncn2)CCC1. The van der Waals surface area contributed by atoms with Gasteiger partial charge in [0.25, 0.3) is 0 Å². The third-order valence-electron chi connectivity index (χ3n) is 4.88. The van der Waals surface area contributed by atoms with Gasteiger partial charge in [0.15, 0.2) is 5.78 Å². The van der Waals surface area contributed by atoms with E-state index >= 15 is 0 Å². The first-order valence-electron chi connectivity index (χ1n) is 8.37. The molecule has 0 radical (unpaired) electrons. The highest BCUT2D eigenvalue weighted by molar-refractivity contribution is 6.20. The van der Waals surface area contributed by atoms with Crippen LogP contribution in [0.15, 0.2) is 36.9 Å². The van der Waals surface area contributed by atoms with Crippen molar-refractivity contribution in [2.75, 3.05) is 0 Å². The van der Waals surface area contributed by atoms with E-state index in [1.54, 1.807) is 23.1 Å². The van der Waals surface area contributed by atoms with Crippen molar-refractivity contribution >= 4 is 17.4 Å². The van der Waals surface area contributed by atoms with E-state index in [1.165, 1.54) is 18.5 Å². The van der Waals surface area contributed by atoms with Gasteiger partial charge >= 0.3 is 5.57 Å². The minimum Gasteiger partial charge on any atom is -0.420 e. The number of ether oxygens (including phenoxy) is 1. The lowest BCUT2D eigenvalue weighted by Gasteiger charge is -2.44. The van der Waals surface area contributed by atoms with Crippen molar-refractivity contribution in [3.05, 3.63) is 42.5 Å². The Balaban J connectivity index is 1.75. The first-order valence-corrected chi connectivity index (χ1v) is 8.75. The predicted octanol–water partition coefficient (Wildman–Crippen LogP) is 4.16. The lowest BCUT2D eigenvalue weighted by Crippen LogP contribution is -2.53. The molecule has 0 N–H and O–H groups in total. The van der Waals surface area contributed by atoms with Gasteiger partial charge in [0, 0.05) is 17.0 Å². The molecule has 3 rings (SSSR count). The van der Waals surface area contributed by atoms with Gasteiger partial charge in [-0.25, -0.2) is 9.67 Å². The third-order valence-corrected chi connectivity index (χ3v) is 4.96. The lowest BCUT2D eigenvalue weighted by molar-refractivity contribution is -0.141. The van der Waals surface area contributed by atoms with Crippen LogP contribution < -0.4 is 4.74 Å². The summed E-state index contributed by atoms with van der Waals surface area (Å²) in [7, 11) is 0. The van der Waals surface area contributed by atoms with Crippen LogP contribution in [0.25, 0.3) is 0 Å². The van der Waals surface area contributed by atoms with Gasteiger partial charge in [0.2, 0.25) is 0 Å². The van der Waals surface area contributed by atoms with E-state index in [9.17, 15) is 13.6 Å². The third kappa shape index (κ3) is 3.72. The molecule has 0 atom stereocenters. The lowest BCUT2D eigenvalue weighted by atomic mass is 9.64. The van der Waals surface area contributed by atoms with Crippen molar-refractivity contribution in [2.45, 2.75) is 50.6 Å². The van der Waals surface area contributed by atoms with E-state index < -0.39 is 16.5 Å². The average molecular weight is 384 g/mol. The van der Waals surface area contributed by atoms with E-state index in [4.69, 9.17) is 11.6 Å². The number of rotatable bonds is 7. The Morgan fingerprint density at radius 1 is 1.31 bits per heavy atom. The molecule has 0 amide bonds.